The van der Waals surface area contributed by atoms with Crippen molar-refractivity contribution in [2.75, 3.05) is 13.2 Å². The maximum Gasteiger partial charge on any atom is 0.0558 e. The van der Waals surface area contributed by atoms with E-state index in [0.717, 1.165) is 25.9 Å². The normalized spacial score (nSPS) is 24.4. The van der Waals surface area contributed by atoms with Gasteiger partial charge in [0.15, 0.2) is 0 Å². The second-order valence-corrected chi connectivity index (χ2v) is 5.26. The zero-order valence-electron chi connectivity index (χ0n) is 11.0. The molecule has 1 fully saturated rings. The van der Waals surface area contributed by atoms with Gasteiger partial charge in [-0.1, -0.05) is 36.8 Å². The predicted octanol–water partition coefficient (Wildman–Crippen LogP) is 1.75. The van der Waals surface area contributed by atoms with E-state index in [1.54, 1.807) is 0 Å². The number of hydrogen-bond acceptors (Lipinski definition) is 3. The molecular weight excluding hydrogens is 224 g/mol. The molecule has 0 spiro atoms. The van der Waals surface area contributed by atoms with E-state index in [0.29, 0.717) is 12.1 Å². The van der Waals surface area contributed by atoms with Crippen molar-refractivity contribution in [2.24, 2.45) is 5.73 Å². The first-order valence-electron chi connectivity index (χ1n) is 6.94. The van der Waals surface area contributed by atoms with Crippen LogP contribution in [0.4, 0.5) is 0 Å². The van der Waals surface area contributed by atoms with Crippen molar-refractivity contribution >= 4 is 0 Å². The van der Waals surface area contributed by atoms with Gasteiger partial charge in [-0.15, -0.1) is 0 Å². The number of rotatable bonds is 5. The SMILES string of the molecule is NC1CCCC(N(CCO)Cc2ccccc2)C1. The lowest BCUT2D eigenvalue weighted by atomic mass is 9.90. The highest BCUT2D eigenvalue weighted by Crippen LogP contribution is 2.23. The standard InChI is InChI=1S/C15H24N2O/c16-14-7-4-8-15(11-14)17(9-10-18)12-13-5-2-1-3-6-13/h1-3,5-6,14-15,18H,4,7-12,16H2. The Morgan fingerprint density at radius 3 is 2.67 bits per heavy atom. The molecule has 0 radical (unpaired) electrons. The summed E-state index contributed by atoms with van der Waals surface area (Å²) in [6.45, 7) is 1.88. The number of aliphatic hydroxyl groups is 1. The minimum atomic E-state index is 0.221. The smallest absolute Gasteiger partial charge is 0.0558 e. The van der Waals surface area contributed by atoms with Crippen LogP contribution in [0, 0.1) is 0 Å². The third-order valence-electron chi connectivity index (χ3n) is 3.82. The molecule has 2 rings (SSSR count). The molecule has 1 aliphatic rings. The van der Waals surface area contributed by atoms with Crippen LogP contribution in [-0.2, 0) is 6.54 Å². The van der Waals surface area contributed by atoms with Gasteiger partial charge >= 0.3 is 0 Å². The van der Waals surface area contributed by atoms with Gasteiger partial charge in [0.1, 0.15) is 0 Å². The van der Waals surface area contributed by atoms with E-state index in [4.69, 9.17) is 5.73 Å². The molecule has 1 aromatic carbocycles. The Kier molecular flexibility index (Phi) is 5.17. The minimum absolute atomic E-state index is 0.221. The highest BCUT2D eigenvalue weighted by molar-refractivity contribution is 5.14. The highest BCUT2D eigenvalue weighted by atomic mass is 16.3. The minimum Gasteiger partial charge on any atom is -0.395 e. The van der Waals surface area contributed by atoms with Crippen LogP contribution in [-0.4, -0.2) is 35.2 Å². The molecular formula is C15H24N2O. The fourth-order valence-corrected chi connectivity index (χ4v) is 2.87. The van der Waals surface area contributed by atoms with Crippen LogP contribution in [0.1, 0.15) is 31.2 Å². The van der Waals surface area contributed by atoms with Gasteiger partial charge in [0.05, 0.1) is 6.61 Å². The molecule has 0 bridgehead atoms. The lowest BCUT2D eigenvalue weighted by molar-refractivity contribution is 0.111. The summed E-state index contributed by atoms with van der Waals surface area (Å²) in [6.07, 6.45) is 4.63. The number of aliphatic hydroxyl groups excluding tert-OH is 1. The van der Waals surface area contributed by atoms with Gasteiger partial charge < -0.3 is 10.8 Å². The number of hydrogen-bond donors (Lipinski definition) is 2. The lowest BCUT2D eigenvalue weighted by Gasteiger charge is -2.36. The van der Waals surface area contributed by atoms with Gasteiger partial charge in [0, 0.05) is 25.2 Å². The Morgan fingerprint density at radius 1 is 1.22 bits per heavy atom. The Labute approximate surface area is 110 Å². The van der Waals surface area contributed by atoms with Crippen LogP contribution >= 0.6 is 0 Å². The third-order valence-corrected chi connectivity index (χ3v) is 3.82. The maximum atomic E-state index is 9.24. The molecule has 3 heteroatoms. The second kappa shape index (κ2) is 6.88. The molecule has 1 aromatic rings. The summed E-state index contributed by atoms with van der Waals surface area (Å²) in [4.78, 5) is 2.38. The van der Waals surface area contributed by atoms with E-state index < -0.39 is 0 Å². The van der Waals surface area contributed by atoms with Crippen LogP contribution < -0.4 is 5.73 Å². The van der Waals surface area contributed by atoms with E-state index in [1.807, 2.05) is 6.07 Å². The summed E-state index contributed by atoms with van der Waals surface area (Å²) >= 11 is 0. The third kappa shape index (κ3) is 3.80. The van der Waals surface area contributed by atoms with E-state index in [2.05, 4.69) is 29.2 Å². The summed E-state index contributed by atoms with van der Waals surface area (Å²) in [7, 11) is 0. The molecule has 1 saturated carbocycles. The molecule has 2 atom stereocenters. The van der Waals surface area contributed by atoms with Crippen molar-refractivity contribution in [2.45, 2.75) is 44.3 Å². The molecule has 3 N–H and O–H groups in total. The van der Waals surface area contributed by atoms with E-state index >= 15 is 0 Å². The molecule has 100 valence electrons. The fraction of sp³-hybridized carbons (Fsp3) is 0.600. The van der Waals surface area contributed by atoms with Crippen molar-refractivity contribution in [3.05, 3.63) is 35.9 Å². The van der Waals surface area contributed by atoms with Crippen LogP contribution in [0.2, 0.25) is 0 Å². The van der Waals surface area contributed by atoms with Crippen molar-refractivity contribution in [1.29, 1.82) is 0 Å². The van der Waals surface area contributed by atoms with Gasteiger partial charge in [0.25, 0.3) is 0 Å². The number of nitrogens with two attached hydrogens (primary N) is 1. The lowest BCUT2D eigenvalue weighted by Crippen LogP contribution is -2.43. The molecule has 0 heterocycles. The average Bonchev–Trinajstić information content (AvgIpc) is 2.39. The van der Waals surface area contributed by atoms with Crippen molar-refractivity contribution < 1.29 is 5.11 Å². The fourth-order valence-electron chi connectivity index (χ4n) is 2.87. The summed E-state index contributed by atoms with van der Waals surface area (Å²) in [5.74, 6) is 0. The zero-order valence-corrected chi connectivity index (χ0v) is 11.0. The van der Waals surface area contributed by atoms with Crippen molar-refractivity contribution in [3.63, 3.8) is 0 Å². The van der Waals surface area contributed by atoms with Crippen LogP contribution in [0.15, 0.2) is 30.3 Å². The molecule has 2 unspecified atom stereocenters. The van der Waals surface area contributed by atoms with E-state index in [1.165, 1.54) is 18.4 Å². The first-order chi connectivity index (χ1) is 8.79. The Hall–Kier alpha value is -0.900. The van der Waals surface area contributed by atoms with Crippen LogP contribution in [0.3, 0.4) is 0 Å². The van der Waals surface area contributed by atoms with Gasteiger partial charge in [0.2, 0.25) is 0 Å². The Balaban J connectivity index is 1.98. The first kappa shape index (κ1) is 13.5. The predicted molar refractivity (Wildman–Crippen MR) is 74.2 cm³/mol. The van der Waals surface area contributed by atoms with Crippen LogP contribution in [0.25, 0.3) is 0 Å². The zero-order chi connectivity index (χ0) is 12.8. The topological polar surface area (TPSA) is 49.5 Å². The molecule has 3 nitrogen and oxygen atoms in total. The summed E-state index contributed by atoms with van der Waals surface area (Å²) < 4.78 is 0. The summed E-state index contributed by atoms with van der Waals surface area (Å²) in [5, 5.41) is 9.24. The molecule has 0 amide bonds. The molecule has 0 aliphatic heterocycles. The largest absolute Gasteiger partial charge is 0.395 e. The second-order valence-electron chi connectivity index (χ2n) is 5.26. The molecule has 0 saturated heterocycles. The summed E-state index contributed by atoms with van der Waals surface area (Å²) in [6, 6.07) is 11.3. The molecule has 18 heavy (non-hydrogen) atoms. The maximum absolute atomic E-state index is 9.24. The van der Waals surface area contributed by atoms with Gasteiger partial charge in [-0.3, -0.25) is 4.90 Å². The highest BCUT2D eigenvalue weighted by Gasteiger charge is 2.24. The van der Waals surface area contributed by atoms with Crippen molar-refractivity contribution in [1.82, 2.24) is 4.90 Å². The number of benzene rings is 1. The number of nitrogens with zero attached hydrogens (tertiary/aromatic N) is 1. The van der Waals surface area contributed by atoms with E-state index in [9.17, 15) is 5.11 Å². The van der Waals surface area contributed by atoms with Crippen molar-refractivity contribution in [3.8, 4) is 0 Å². The quantitative estimate of drug-likeness (QED) is 0.834. The van der Waals surface area contributed by atoms with Crippen LogP contribution in [0.5, 0.6) is 0 Å². The monoisotopic (exact) mass is 248 g/mol. The van der Waals surface area contributed by atoms with Gasteiger partial charge in [-0.25, -0.2) is 0 Å². The average molecular weight is 248 g/mol. The molecule has 1 aliphatic carbocycles. The van der Waals surface area contributed by atoms with E-state index in [-0.39, 0.29) is 6.61 Å². The Morgan fingerprint density at radius 2 is 2.00 bits per heavy atom. The van der Waals surface area contributed by atoms with Gasteiger partial charge in [-0.05, 0) is 24.8 Å². The Bertz CT molecular complexity index is 342. The van der Waals surface area contributed by atoms with Gasteiger partial charge in [-0.2, -0.15) is 0 Å². The molecule has 0 aromatic heterocycles. The summed E-state index contributed by atoms with van der Waals surface area (Å²) in [5.41, 5.74) is 7.37. The first-order valence-corrected chi connectivity index (χ1v) is 6.94.